The highest BCUT2D eigenvalue weighted by atomic mass is 32.2. The van der Waals surface area contributed by atoms with Gasteiger partial charge in [-0.3, -0.25) is 14.0 Å². The Morgan fingerprint density at radius 2 is 1.89 bits per heavy atom. The van der Waals surface area contributed by atoms with Crippen molar-refractivity contribution in [2.75, 3.05) is 56.5 Å². The van der Waals surface area contributed by atoms with Crippen molar-refractivity contribution in [3.8, 4) is 0 Å². The number of aryl methyl sites for hydroxylation is 1. The molecule has 1 saturated heterocycles. The quantitative estimate of drug-likeness (QED) is 0.643. The molecule has 2 rings (SSSR count). The number of nitrogens with zero attached hydrogens (tertiary/aromatic N) is 2. The van der Waals surface area contributed by atoms with Gasteiger partial charge < -0.3 is 10.1 Å². The molecule has 0 radical (unpaired) electrons. The zero-order chi connectivity index (χ0) is 19.7. The molecule has 8 heteroatoms. The van der Waals surface area contributed by atoms with Gasteiger partial charge in [0.2, 0.25) is 15.9 Å². The van der Waals surface area contributed by atoms with E-state index in [2.05, 4.69) is 17.1 Å². The van der Waals surface area contributed by atoms with Gasteiger partial charge in [0, 0.05) is 39.1 Å². The van der Waals surface area contributed by atoms with E-state index < -0.39 is 10.0 Å². The maximum atomic E-state index is 12.1. The minimum absolute atomic E-state index is 0.0435. The summed E-state index contributed by atoms with van der Waals surface area (Å²) in [5.41, 5.74) is 1.80. The van der Waals surface area contributed by atoms with E-state index in [1.807, 2.05) is 24.3 Å². The van der Waals surface area contributed by atoms with Crippen LogP contribution < -0.4 is 9.62 Å². The first kappa shape index (κ1) is 21.7. The van der Waals surface area contributed by atoms with E-state index in [1.54, 1.807) is 0 Å². The van der Waals surface area contributed by atoms with Crippen LogP contribution in [-0.4, -0.2) is 71.4 Å². The Balaban J connectivity index is 1.76. The molecule has 1 amide bonds. The van der Waals surface area contributed by atoms with E-state index >= 15 is 0 Å². The summed E-state index contributed by atoms with van der Waals surface area (Å²) in [6, 6.07) is 7.52. The van der Waals surface area contributed by atoms with Crippen LogP contribution in [0.1, 0.15) is 25.3 Å². The number of hydrogen-bond donors (Lipinski definition) is 1. The summed E-state index contributed by atoms with van der Waals surface area (Å²) in [6.45, 7) is 7.05. The highest BCUT2D eigenvalue weighted by Gasteiger charge is 2.17. The van der Waals surface area contributed by atoms with Crippen LogP contribution in [0.25, 0.3) is 0 Å². The lowest BCUT2D eigenvalue weighted by molar-refractivity contribution is -0.121. The van der Waals surface area contributed by atoms with Gasteiger partial charge in [0.1, 0.15) is 0 Å². The minimum atomic E-state index is -3.38. The molecule has 0 atom stereocenters. The van der Waals surface area contributed by atoms with E-state index in [0.717, 1.165) is 44.8 Å². The second kappa shape index (κ2) is 10.6. The molecule has 0 bridgehead atoms. The molecule has 0 spiro atoms. The summed E-state index contributed by atoms with van der Waals surface area (Å²) in [6.07, 6.45) is 2.89. The van der Waals surface area contributed by atoms with E-state index in [-0.39, 0.29) is 5.91 Å². The molecular weight excluding hydrogens is 366 g/mol. The minimum Gasteiger partial charge on any atom is -0.379 e. The van der Waals surface area contributed by atoms with Crippen molar-refractivity contribution in [3.63, 3.8) is 0 Å². The van der Waals surface area contributed by atoms with Gasteiger partial charge in [0.05, 0.1) is 25.2 Å². The fourth-order valence-electron chi connectivity index (χ4n) is 3.03. The first-order chi connectivity index (χ1) is 12.9. The number of anilines is 1. The lowest BCUT2D eigenvalue weighted by atomic mass is 10.1. The molecule has 1 aromatic carbocycles. The average Bonchev–Trinajstić information content (AvgIpc) is 2.65. The van der Waals surface area contributed by atoms with Crippen LogP contribution in [0.5, 0.6) is 0 Å². The monoisotopic (exact) mass is 397 g/mol. The summed E-state index contributed by atoms with van der Waals surface area (Å²) >= 11 is 0. The molecule has 1 aliphatic heterocycles. The summed E-state index contributed by atoms with van der Waals surface area (Å²) in [5, 5.41) is 2.91. The standard InChI is InChI=1S/C19H31N3O4S/c1-3-17-6-8-18(9-7-17)22(27(2,24)25)11-4-5-19(23)20-10-12-21-13-15-26-16-14-21/h6-9H,3-5,10-16H2,1-2H3,(H,20,23). The third-order valence-corrected chi connectivity index (χ3v) is 5.85. The Labute approximate surface area is 162 Å². The van der Waals surface area contributed by atoms with Gasteiger partial charge in [-0.25, -0.2) is 8.42 Å². The molecule has 1 heterocycles. The topological polar surface area (TPSA) is 79.0 Å². The van der Waals surface area contributed by atoms with Crippen LogP contribution >= 0.6 is 0 Å². The van der Waals surface area contributed by atoms with Gasteiger partial charge in [0.25, 0.3) is 0 Å². The number of carbonyl (C=O) groups excluding carboxylic acids is 1. The second-order valence-electron chi connectivity index (χ2n) is 6.76. The van der Waals surface area contributed by atoms with Gasteiger partial charge in [-0.05, 0) is 30.5 Å². The summed E-state index contributed by atoms with van der Waals surface area (Å²) < 4.78 is 30.9. The Hall–Kier alpha value is -1.64. The van der Waals surface area contributed by atoms with Gasteiger partial charge in [-0.15, -0.1) is 0 Å². The van der Waals surface area contributed by atoms with Gasteiger partial charge >= 0.3 is 0 Å². The molecular formula is C19H31N3O4S. The molecule has 0 unspecified atom stereocenters. The fraction of sp³-hybridized carbons (Fsp3) is 0.632. The summed E-state index contributed by atoms with van der Waals surface area (Å²) in [4.78, 5) is 14.3. The van der Waals surface area contributed by atoms with E-state index in [0.29, 0.717) is 31.6 Å². The Morgan fingerprint density at radius 1 is 1.22 bits per heavy atom. The maximum Gasteiger partial charge on any atom is 0.232 e. The van der Waals surface area contributed by atoms with E-state index in [4.69, 9.17) is 4.74 Å². The molecule has 1 aliphatic rings. The first-order valence-corrected chi connectivity index (χ1v) is 11.4. The number of benzene rings is 1. The van der Waals surface area contributed by atoms with Crippen LogP contribution in [0.15, 0.2) is 24.3 Å². The van der Waals surface area contributed by atoms with Gasteiger partial charge in [-0.2, -0.15) is 0 Å². The molecule has 1 aromatic rings. The van der Waals surface area contributed by atoms with Crippen molar-refractivity contribution >= 4 is 21.6 Å². The molecule has 1 fully saturated rings. The van der Waals surface area contributed by atoms with Crippen LogP contribution in [0.4, 0.5) is 5.69 Å². The molecule has 7 nitrogen and oxygen atoms in total. The number of hydrogen-bond acceptors (Lipinski definition) is 5. The zero-order valence-corrected chi connectivity index (χ0v) is 17.1. The molecule has 1 N–H and O–H groups in total. The number of nitrogens with one attached hydrogen (secondary N) is 1. The third-order valence-electron chi connectivity index (χ3n) is 4.65. The zero-order valence-electron chi connectivity index (χ0n) is 16.3. The van der Waals surface area contributed by atoms with Crippen LogP contribution in [-0.2, 0) is 26.0 Å². The van der Waals surface area contributed by atoms with Crippen molar-refractivity contribution in [2.24, 2.45) is 0 Å². The summed E-state index contributed by atoms with van der Waals surface area (Å²) in [5.74, 6) is -0.0435. The van der Waals surface area contributed by atoms with Crippen molar-refractivity contribution in [2.45, 2.75) is 26.2 Å². The Bertz CT molecular complexity index is 685. The average molecular weight is 398 g/mol. The van der Waals surface area contributed by atoms with Crippen LogP contribution in [0.2, 0.25) is 0 Å². The number of morpholine rings is 1. The molecule has 0 saturated carbocycles. The predicted molar refractivity (Wildman–Crippen MR) is 108 cm³/mol. The predicted octanol–water partition coefficient (Wildman–Crippen LogP) is 1.24. The van der Waals surface area contributed by atoms with Crippen LogP contribution in [0.3, 0.4) is 0 Å². The lowest BCUT2D eigenvalue weighted by Crippen LogP contribution is -2.41. The lowest BCUT2D eigenvalue weighted by Gasteiger charge is -2.26. The van der Waals surface area contributed by atoms with Crippen molar-refractivity contribution in [3.05, 3.63) is 29.8 Å². The Kier molecular flexibility index (Phi) is 8.53. The molecule has 0 aliphatic carbocycles. The molecule has 27 heavy (non-hydrogen) atoms. The van der Waals surface area contributed by atoms with Crippen molar-refractivity contribution in [1.82, 2.24) is 10.2 Å². The summed E-state index contributed by atoms with van der Waals surface area (Å²) in [7, 11) is -3.38. The van der Waals surface area contributed by atoms with Crippen LogP contribution in [0, 0.1) is 0 Å². The number of ether oxygens (including phenoxy) is 1. The second-order valence-corrected chi connectivity index (χ2v) is 8.67. The highest BCUT2D eigenvalue weighted by Crippen LogP contribution is 2.19. The first-order valence-electron chi connectivity index (χ1n) is 9.53. The fourth-order valence-corrected chi connectivity index (χ4v) is 4.00. The van der Waals surface area contributed by atoms with Gasteiger partial charge in [-0.1, -0.05) is 19.1 Å². The third kappa shape index (κ3) is 7.48. The number of carbonyl (C=O) groups is 1. The number of amides is 1. The SMILES string of the molecule is CCc1ccc(N(CCCC(=O)NCCN2CCOCC2)S(C)(=O)=O)cc1. The largest absolute Gasteiger partial charge is 0.379 e. The van der Waals surface area contributed by atoms with Gasteiger partial charge in [0.15, 0.2) is 0 Å². The number of rotatable bonds is 10. The highest BCUT2D eigenvalue weighted by molar-refractivity contribution is 7.92. The van der Waals surface area contributed by atoms with E-state index in [9.17, 15) is 13.2 Å². The normalized spacial score (nSPS) is 15.5. The smallest absolute Gasteiger partial charge is 0.232 e. The molecule has 0 aromatic heterocycles. The maximum absolute atomic E-state index is 12.1. The Morgan fingerprint density at radius 3 is 2.48 bits per heavy atom. The van der Waals surface area contributed by atoms with E-state index in [1.165, 1.54) is 10.6 Å². The van der Waals surface area contributed by atoms with Crippen molar-refractivity contribution in [1.29, 1.82) is 0 Å². The molecule has 152 valence electrons. The van der Waals surface area contributed by atoms with Crippen molar-refractivity contribution < 1.29 is 17.9 Å². The number of sulfonamides is 1.